The number of sulfonamides is 1. The van der Waals surface area contributed by atoms with E-state index in [0.29, 0.717) is 9.48 Å². The Bertz CT molecular complexity index is 770. The molecule has 0 aliphatic carbocycles. The van der Waals surface area contributed by atoms with Gasteiger partial charge in [0, 0.05) is 4.47 Å². The molecule has 0 atom stereocenters. The van der Waals surface area contributed by atoms with E-state index in [-0.39, 0.29) is 15.5 Å². The fraction of sp³-hybridized carbons (Fsp3) is 0.0909. The Hall–Kier alpha value is -1.45. The minimum Gasteiger partial charge on any atom is -0.478 e. The van der Waals surface area contributed by atoms with Gasteiger partial charge in [0.1, 0.15) is 0 Å². The van der Waals surface area contributed by atoms with E-state index in [9.17, 15) is 13.2 Å². The lowest BCUT2D eigenvalue weighted by Crippen LogP contribution is -2.12. The van der Waals surface area contributed by atoms with Crippen LogP contribution >= 0.6 is 27.3 Å². The molecule has 0 fully saturated rings. The third-order valence-electron chi connectivity index (χ3n) is 2.26. The molecule has 6 nitrogen and oxygen atoms in total. The van der Waals surface area contributed by atoms with E-state index >= 15 is 0 Å². The quantitative estimate of drug-likeness (QED) is 0.854. The molecule has 0 spiro atoms. The average Bonchev–Trinajstić information content (AvgIpc) is 2.75. The molecule has 20 heavy (non-hydrogen) atoms. The number of hydrogen-bond acceptors (Lipinski definition) is 5. The van der Waals surface area contributed by atoms with Gasteiger partial charge in [0.2, 0.25) is 0 Å². The highest BCUT2D eigenvalue weighted by molar-refractivity contribution is 9.10. The molecule has 2 N–H and O–H groups in total. The van der Waals surface area contributed by atoms with Gasteiger partial charge < -0.3 is 5.11 Å². The maximum absolute atomic E-state index is 12.1. The Kier molecular flexibility index (Phi) is 4.11. The van der Waals surface area contributed by atoms with Crippen LogP contribution in [0.4, 0.5) is 5.69 Å². The van der Waals surface area contributed by atoms with E-state index in [1.807, 2.05) is 0 Å². The number of carbonyl (C=O) groups is 1. The van der Waals surface area contributed by atoms with E-state index in [1.165, 1.54) is 24.4 Å². The van der Waals surface area contributed by atoms with Crippen molar-refractivity contribution >= 4 is 48.9 Å². The van der Waals surface area contributed by atoms with Crippen LogP contribution in [0.3, 0.4) is 0 Å². The molecule has 0 radical (unpaired) electrons. The van der Waals surface area contributed by atoms with Crippen molar-refractivity contribution < 1.29 is 18.3 Å². The van der Waals surface area contributed by atoms with E-state index in [0.717, 1.165) is 11.3 Å². The number of benzene rings is 1. The summed E-state index contributed by atoms with van der Waals surface area (Å²) in [6.07, 6.45) is 1.26. The lowest BCUT2D eigenvalue weighted by molar-refractivity contribution is 0.0697. The second-order valence-corrected chi connectivity index (χ2v) is 7.90. The first-order chi connectivity index (χ1) is 9.28. The summed E-state index contributed by atoms with van der Waals surface area (Å²) in [5.74, 6) is -1.14. The molecule has 0 saturated carbocycles. The summed E-state index contributed by atoms with van der Waals surface area (Å²) in [4.78, 5) is 14.8. The Morgan fingerprint density at radius 1 is 1.40 bits per heavy atom. The molecular formula is C11H9BrN2O4S2. The first kappa shape index (κ1) is 14.9. The summed E-state index contributed by atoms with van der Waals surface area (Å²) in [7, 11) is -3.76. The standard InChI is InChI=1S/C11H9BrN2O4S2/c1-6-13-5-10(19-6)20(17,18)14-9-3-7(11(15)16)2-8(12)4-9/h2-5,14H,1H3,(H,15,16). The molecule has 1 aromatic carbocycles. The number of hydrogen-bond donors (Lipinski definition) is 2. The number of aromatic carboxylic acids is 1. The molecule has 0 amide bonds. The second-order valence-electron chi connectivity index (χ2n) is 3.84. The smallest absolute Gasteiger partial charge is 0.335 e. The number of carboxylic acids is 1. The highest BCUT2D eigenvalue weighted by Crippen LogP contribution is 2.24. The van der Waals surface area contributed by atoms with Gasteiger partial charge in [-0.05, 0) is 25.1 Å². The predicted molar refractivity (Wildman–Crippen MR) is 78.8 cm³/mol. The lowest BCUT2D eigenvalue weighted by atomic mass is 10.2. The number of aryl methyl sites for hydroxylation is 1. The van der Waals surface area contributed by atoms with Crippen molar-refractivity contribution in [2.75, 3.05) is 4.72 Å². The van der Waals surface area contributed by atoms with Crippen molar-refractivity contribution in [3.63, 3.8) is 0 Å². The maximum atomic E-state index is 12.1. The van der Waals surface area contributed by atoms with Gasteiger partial charge in [-0.25, -0.2) is 18.2 Å². The first-order valence-electron chi connectivity index (χ1n) is 5.27. The zero-order valence-electron chi connectivity index (χ0n) is 10.1. The van der Waals surface area contributed by atoms with Crippen molar-refractivity contribution in [2.24, 2.45) is 0 Å². The number of halogens is 1. The van der Waals surface area contributed by atoms with Crippen LogP contribution in [-0.2, 0) is 10.0 Å². The number of nitrogens with one attached hydrogen (secondary N) is 1. The highest BCUT2D eigenvalue weighted by atomic mass is 79.9. The molecular weight excluding hydrogens is 368 g/mol. The van der Waals surface area contributed by atoms with E-state index in [4.69, 9.17) is 5.11 Å². The van der Waals surface area contributed by atoms with Gasteiger partial charge in [-0.3, -0.25) is 4.72 Å². The van der Waals surface area contributed by atoms with Crippen molar-refractivity contribution in [2.45, 2.75) is 11.1 Å². The SMILES string of the molecule is Cc1ncc(S(=O)(=O)Nc2cc(Br)cc(C(=O)O)c2)s1. The Morgan fingerprint density at radius 3 is 2.65 bits per heavy atom. The van der Waals surface area contributed by atoms with Crippen molar-refractivity contribution in [1.29, 1.82) is 0 Å². The molecule has 106 valence electrons. The van der Waals surface area contributed by atoms with Crippen LogP contribution < -0.4 is 4.72 Å². The molecule has 0 aliphatic rings. The average molecular weight is 377 g/mol. The van der Waals surface area contributed by atoms with Gasteiger partial charge in [-0.2, -0.15) is 0 Å². The van der Waals surface area contributed by atoms with Gasteiger partial charge in [-0.1, -0.05) is 15.9 Å². The highest BCUT2D eigenvalue weighted by Gasteiger charge is 2.18. The van der Waals surface area contributed by atoms with E-state index < -0.39 is 16.0 Å². The number of rotatable bonds is 4. The van der Waals surface area contributed by atoms with Crippen LogP contribution in [-0.4, -0.2) is 24.5 Å². The molecule has 0 saturated heterocycles. The minimum atomic E-state index is -3.76. The number of nitrogens with zero attached hydrogens (tertiary/aromatic N) is 1. The molecule has 0 bridgehead atoms. The van der Waals surface area contributed by atoms with Gasteiger partial charge in [-0.15, -0.1) is 11.3 Å². The summed E-state index contributed by atoms with van der Waals surface area (Å²) in [6.45, 7) is 1.70. The van der Waals surface area contributed by atoms with Crippen LogP contribution in [0.1, 0.15) is 15.4 Å². The second kappa shape index (κ2) is 5.51. The Labute approximate surface area is 127 Å². The Morgan fingerprint density at radius 2 is 2.10 bits per heavy atom. The normalized spacial score (nSPS) is 11.3. The van der Waals surface area contributed by atoms with Gasteiger partial charge in [0.15, 0.2) is 4.21 Å². The molecule has 1 heterocycles. The van der Waals surface area contributed by atoms with E-state index in [2.05, 4.69) is 25.6 Å². The fourth-order valence-electron chi connectivity index (χ4n) is 1.44. The number of aromatic nitrogens is 1. The lowest BCUT2D eigenvalue weighted by Gasteiger charge is -2.07. The van der Waals surface area contributed by atoms with Crippen LogP contribution in [0.5, 0.6) is 0 Å². The van der Waals surface area contributed by atoms with Crippen LogP contribution in [0, 0.1) is 6.92 Å². The minimum absolute atomic E-state index is 0.0161. The summed E-state index contributed by atoms with van der Waals surface area (Å²) in [6, 6.07) is 4.12. The summed E-state index contributed by atoms with van der Waals surface area (Å²) >= 11 is 4.18. The van der Waals surface area contributed by atoms with Gasteiger partial charge >= 0.3 is 5.97 Å². The zero-order chi connectivity index (χ0) is 14.9. The number of thiazole rings is 1. The van der Waals surface area contributed by atoms with Crippen LogP contribution in [0.25, 0.3) is 0 Å². The first-order valence-corrected chi connectivity index (χ1v) is 8.36. The third-order valence-corrected chi connectivity index (χ3v) is 5.47. The monoisotopic (exact) mass is 376 g/mol. The summed E-state index contributed by atoms with van der Waals surface area (Å²) < 4.78 is 27.1. The van der Waals surface area contributed by atoms with Crippen LogP contribution in [0.2, 0.25) is 0 Å². The topological polar surface area (TPSA) is 96.4 Å². The molecule has 1 aromatic heterocycles. The number of carboxylic acid groups (broad SMARTS) is 1. The van der Waals surface area contributed by atoms with Gasteiger partial charge in [0.05, 0.1) is 22.5 Å². The predicted octanol–water partition coefficient (Wildman–Crippen LogP) is 2.71. The van der Waals surface area contributed by atoms with Crippen molar-refractivity contribution in [3.8, 4) is 0 Å². The molecule has 9 heteroatoms. The Balaban J connectivity index is 2.37. The maximum Gasteiger partial charge on any atom is 0.335 e. The van der Waals surface area contributed by atoms with Gasteiger partial charge in [0.25, 0.3) is 10.0 Å². The van der Waals surface area contributed by atoms with Crippen LogP contribution in [0.15, 0.2) is 33.1 Å². The van der Waals surface area contributed by atoms with Crippen molar-refractivity contribution in [1.82, 2.24) is 4.98 Å². The summed E-state index contributed by atoms with van der Waals surface area (Å²) in [5.41, 5.74) is 0.153. The van der Waals surface area contributed by atoms with Crippen molar-refractivity contribution in [3.05, 3.63) is 39.4 Å². The molecule has 2 rings (SSSR count). The third kappa shape index (κ3) is 3.35. The van der Waals surface area contributed by atoms with E-state index in [1.54, 1.807) is 6.92 Å². The summed E-state index contributed by atoms with van der Waals surface area (Å²) in [5, 5.41) is 9.58. The molecule has 0 aliphatic heterocycles. The largest absolute Gasteiger partial charge is 0.478 e. The number of anilines is 1. The fourth-order valence-corrected chi connectivity index (χ4v) is 4.08. The molecule has 0 unspecified atom stereocenters. The zero-order valence-corrected chi connectivity index (χ0v) is 13.3. The molecule has 2 aromatic rings.